The van der Waals surface area contributed by atoms with Gasteiger partial charge in [-0.15, -0.1) is 0 Å². The first-order valence-corrected chi connectivity index (χ1v) is 6.53. The van der Waals surface area contributed by atoms with Gasteiger partial charge in [0.15, 0.2) is 0 Å². The summed E-state index contributed by atoms with van der Waals surface area (Å²) in [6, 6.07) is 0. The highest BCUT2D eigenvalue weighted by Gasteiger charge is 1.90. The van der Waals surface area contributed by atoms with E-state index in [2.05, 4.69) is 37.5 Å². The van der Waals surface area contributed by atoms with Gasteiger partial charge in [0.05, 0.1) is 0 Å². The molecule has 0 aliphatic rings. The molecular formula is C14H27N3. The Balaban J connectivity index is 3.74. The van der Waals surface area contributed by atoms with Gasteiger partial charge in [-0.05, 0) is 38.9 Å². The minimum absolute atomic E-state index is 0.629. The third kappa shape index (κ3) is 11.3. The van der Waals surface area contributed by atoms with Crippen molar-refractivity contribution >= 4 is 5.71 Å². The lowest BCUT2D eigenvalue weighted by Crippen LogP contribution is -2.21. The van der Waals surface area contributed by atoms with Gasteiger partial charge in [0.1, 0.15) is 0 Å². The van der Waals surface area contributed by atoms with Gasteiger partial charge in [-0.3, -0.25) is 0 Å². The van der Waals surface area contributed by atoms with Crippen molar-refractivity contribution in [2.24, 2.45) is 0 Å². The molecule has 3 nitrogen and oxygen atoms in total. The maximum absolute atomic E-state index is 7.69. The van der Waals surface area contributed by atoms with E-state index < -0.39 is 0 Å². The van der Waals surface area contributed by atoms with E-state index in [9.17, 15) is 0 Å². The van der Waals surface area contributed by atoms with Gasteiger partial charge in [-0.2, -0.15) is 0 Å². The summed E-state index contributed by atoms with van der Waals surface area (Å²) >= 11 is 0. The Morgan fingerprint density at radius 2 is 1.65 bits per heavy atom. The normalized spacial score (nSPS) is 12.3. The van der Waals surface area contributed by atoms with Crippen LogP contribution in [0.5, 0.6) is 0 Å². The quantitative estimate of drug-likeness (QED) is 0.311. The second-order valence-corrected chi connectivity index (χ2v) is 4.25. The van der Waals surface area contributed by atoms with Crippen molar-refractivity contribution in [3.05, 3.63) is 23.8 Å². The van der Waals surface area contributed by atoms with E-state index in [1.807, 2.05) is 12.2 Å². The van der Waals surface area contributed by atoms with Crippen molar-refractivity contribution in [3.63, 3.8) is 0 Å². The molecule has 0 bridgehead atoms. The lowest BCUT2D eigenvalue weighted by atomic mass is 10.2. The zero-order valence-corrected chi connectivity index (χ0v) is 11.5. The molecule has 0 rings (SSSR count). The molecule has 17 heavy (non-hydrogen) atoms. The number of rotatable bonds is 10. The van der Waals surface area contributed by atoms with Crippen LogP contribution in [0.4, 0.5) is 0 Å². The van der Waals surface area contributed by atoms with Crippen molar-refractivity contribution in [3.8, 4) is 0 Å². The highest BCUT2D eigenvalue weighted by molar-refractivity contribution is 5.94. The second kappa shape index (κ2) is 11.6. The van der Waals surface area contributed by atoms with E-state index in [4.69, 9.17) is 5.41 Å². The monoisotopic (exact) mass is 237 g/mol. The lowest BCUT2D eigenvalue weighted by Gasteiger charge is -2.02. The van der Waals surface area contributed by atoms with Crippen molar-refractivity contribution in [2.75, 3.05) is 26.2 Å². The SMILES string of the molecule is CCCNCC(=N)/C=C\C=C(/C)CNCCC. The van der Waals surface area contributed by atoms with Gasteiger partial charge in [-0.25, -0.2) is 0 Å². The van der Waals surface area contributed by atoms with Crippen LogP contribution in [0.3, 0.4) is 0 Å². The Kier molecular flexibility index (Phi) is 10.9. The van der Waals surface area contributed by atoms with Crippen LogP contribution < -0.4 is 10.6 Å². The third-order valence-electron chi connectivity index (χ3n) is 2.25. The predicted octanol–water partition coefficient (Wildman–Crippen LogP) is 2.51. The molecule has 0 aromatic rings. The van der Waals surface area contributed by atoms with E-state index in [1.54, 1.807) is 0 Å². The first kappa shape index (κ1) is 16.1. The van der Waals surface area contributed by atoms with E-state index in [1.165, 1.54) is 5.57 Å². The fourth-order valence-corrected chi connectivity index (χ4v) is 1.31. The van der Waals surface area contributed by atoms with Crippen molar-refractivity contribution in [2.45, 2.75) is 33.6 Å². The molecule has 0 atom stereocenters. The van der Waals surface area contributed by atoms with Gasteiger partial charge >= 0.3 is 0 Å². The minimum Gasteiger partial charge on any atom is -0.313 e. The van der Waals surface area contributed by atoms with Gasteiger partial charge < -0.3 is 16.0 Å². The Labute approximate surface area is 106 Å². The van der Waals surface area contributed by atoms with E-state index in [0.717, 1.165) is 32.5 Å². The molecule has 98 valence electrons. The summed E-state index contributed by atoms with van der Waals surface area (Å²) in [7, 11) is 0. The molecule has 0 aromatic heterocycles. The van der Waals surface area contributed by atoms with Gasteiger partial charge in [0.25, 0.3) is 0 Å². The maximum atomic E-state index is 7.69. The number of nitrogens with one attached hydrogen (secondary N) is 3. The topological polar surface area (TPSA) is 47.9 Å². The summed E-state index contributed by atoms with van der Waals surface area (Å²) in [6.45, 7) is 10.0. The second-order valence-electron chi connectivity index (χ2n) is 4.25. The summed E-state index contributed by atoms with van der Waals surface area (Å²) in [5, 5.41) is 14.2. The average Bonchev–Trinajstić information content (AvgIpc) is 2.30. The van der Waals surface area contributed by atoms with Crippen LogP contribution >= 0.6 is 0 Å². The van der Waals surface area contributed by atoms with Crippen molar-refractivity contribution < 1.29 is 0 Å². The van der Waals surface area contributed by atoms with Gasteiger partial charge in [0, 0.05) is 18.8 Å². The molecule has 3 N–H and O–H groups in total. The first-order chi connectivity index (χ1) is 8.20. The summed E-state index contributed by atoms with van der Waals surface area (Å²) in [6.07, 6.45) is 8.15. The van der Waals surface area contributed by atoms with E-state index in [-0.39, 0.29) is 0 Å². The first-order valence-electron chi connectivity index (χ1n) is 6.53. The van der Waals surface area contributed by atoms with Crippen LogP contribution in [0.25, 0.3) is 0 Å². The average molecular weight is 237 g/mol. The largest absolute Gasteiger partial charge is 0.313 e. The molecule has 0 radical (unpaired) electrons. The number of allylic oxidation sites excluding steroid dienone is 2. The molecule has 0 unspecified atom stereocenters. The Morgan fingerprint density at radius 3 is 2.24 bits per heavy atom. The Bertz CT molecular complexity index is 254. The van der Waals surface area contributed by atoms with Gasteiger partial charge in [0.2, 0.25) is 0 Å². The highest BCUT2D eigenvalue weighted by Crippen LogP contribution is 1.91. The van der Waals surface area contributed by atoms with E-state index in [0.29, 0.717) is 12.3 Å². The zero-order valence-electron chi connectivity index (χ0n) is 11.5. The molecule has 0 saturated heterocycles. The summed E-state index contributed by atoms with van der Waals surface area (Å²) in [5.41, 5.74) is 1.92. The van der Waals surface area contributed by atoms with Crippen molar-refractivity contribution in [1.29, 1.82) is 5.41 Å². The molecular weight excluding hydrogens is 210 g/mol. The van der Waals surface area contributed by atoms with Crippen molar-refractivity contribution in [1.82, 2.24) is 10.6 Å². The molecule has 3 heteroatoms. The smallest absolute Gasteiger partial charge is 0.0452 e. The van der Waals surface area contributed by atoms with E-state index >= 15 is 0 Å². The van der Waals surface area contributed by atoms with Crippen LogP contribution in [0, 0.1) is 5.41 Å². The predicted molar refractivity (Wildman–Crippen MR) is 76.9 cm³/mol. The summed E-state index contributed by atoms with van der Waals surface area (Å²) in [5.74, 6) is 0. The molecule has 0 aliphatic heterocycles. The number of hydrogen-bond donors (Lipinski definition) is 3. The standard InChI is InChI=1S/C14H27N3/c1-4-9-16-11-13(3)7-6-8-14(15)12-17-10-5-2/h6-8,15-17H,4-5,9-12H2,1-3H3/b8-6-,13-7+,15-14?. The third-order valence-corrected chi connectivity index (χ3v) is 2.25. The van der Waals surface area contributed by atoms with Crippen LogP contribution in [0.2, 0.25) is 0 Å². The van der Waals surface area contributed by atoms with Crippen LogP contribution in [0.15, 0.2) is 23.8 Å². The highest BCUT2D eigenvalue weighted by atomic mass is 14.9. The maximum Gasteiger partial charge on any atom is 0.0452 e. The molecule has 0 fully saturated rings. The zero-order chi connectivity index (χ0) is 12.9. The Morgan fingerprint density at radius 1 is 1.06 bits per heavy atom. The fraction of sp³-hybridized carbons (Fsp3) is 0.643. The van der Waals surface area contributed by atoms with Crippen LogP contribution in [0.1, 0.15) is 33.6 Å². The Hall–Kier alpha value is -0.930. The number of hydrogen-bond acceptors (Lipinski definition) is 3. The lowest BCUT2D eigenvalue weighted by molar-refractivity contribution is 0.714. The fourth-order valence-electron chi connectivity index (χ4n) is 1.31. The summed E-state index contributed by atoms with van der Waals surface area (Å²) < 4.78 is 0. The van der Waals surface area contributed by atoms with Crippen LogP contribution in [-0.4, -0.2) is 31.9 Å². The van der Waals surface area contributed by atoms with Crippen LogP contribution in [-0.2, 0) is 0 Å². The molecule has 0 saturated carbocycles. The van der Waals surface area contributed by atoms with Gasteiger partial charge in [-0.1, -0.05) is 31.6 Å². The molecule has 0 aliphatic carbocycles. The summed E-state index contributed by atoms with van der Waals surface area (Å²) in [4.78, 5) is 0. The molecule has 0 heterocycles. The molecule has 0 spiro atoms. The minimum atomic E-state index is 0.629. The molecule has 0 aromatic carbocycles. The molecule has 0 amide bonds.